The van der Waals surface area contributed by atoms with Gasteiger partial charge in [-0.05, 0) is 64.2 Å². The predicted molar refractivity (Wildman–Crippen MR) is 214 cm³/mol. The maximum absolute atomic E-state index is 12.6. The number of rotatable bonds is 38. The molecule has 0 aliphatic heterocycles. The van der Waals surface area contributed by atoms with Gasteiger partial charge in [-0.25, -0.2) is 4.57 Å². The third-order valence-corrected chi connectivity index (χ3v) is 9.42. The summed E-state index contributed by atoms with van der Waals surface area (Å²) in [5, 5.41) is 18.3. The van der Waals surface area contributed by atoms with Crippen LogP contribution < -0.4 is 0 Å². The highest BCUT2D eigenvalue weighted by molar-refractivity contribution is 7.47. The summed E-state index contributed by atoms with van der Waals surface area (Å²) in [4.78, 5) is 34.9. The SMILES string of the molecule is CC/C=C/C/C=C/C/C=C/CCCCCCCC(=O)O[C@H](COC(=O)CCCCCCCCCCC/C=C/CCCC)COP(=O)(O)OC[C@@H](O)CO. The first-order valence-corrected chi connectivity index (χ1v) is 22.1. The molecule has 53 heavy (non-hydrogen) atoms. The highest BCUT2D eigenvalue weighted by Crippen LogP contribution is 2.43. The fourth-order valence-electron chi connectivity index (χ4n) is 5.28. The van der Waals surface area contributed by atoms with Crippen LogP contribution in [0.4, 0.5) is 0 Å². The summed E-state index contributed by atoms with van der Waals surface area (Å²) in [6.45, 7) is 2.21. The lowest BCUT2D eigenvalue weighted by Gasteiger charge is -2.20. The molecule has 3 atom stereocenters. The van der Waals surface area contributed by atoms with Gasteiger partial charge in [0.2, 0.25) is 0 Å². The van der Waals surface area contributed by atoms with E-state index in [1.807, 2.05) is 0 Å². The summed E-state index contributed by atoms with van der Waals surface area (Å²) in [6.07, 6.45) is 39.3. The molecule has 0 fully saturated rings. The molecule has 0 spiro atoms. The van der Waals surface area contributed by atoms with E-state index >= 15 is 0 Å². The Morgan fingerprint density at radius 1 is 0.585 bits per heavy atom. The van der Waals surface area contributed by atoms with Gasteiger partial charge in [0, 0.05) is 12.8 Å². The number of phosphoric ester groups is 1. The minimum absolute atomic E-state index is 0.163. The lowest BCUT2D eigenvalue weighted by molar-refractivity contribution is -0.161. The Bertz CT molecular complexity index is 1030. The molecule has 0 aliphatic carbocycles. The van der Waals surface area contributed by atoms with Gasteiger partial charge in [0.05, 0.1) is 19.8 Å². The van der Waals surface area contributed by atoms with E-state index in [4.69, 9.17) is 19.1 Å². The molecule has 308 valence electrons. The van der Waals surface area contributed by atoms with E-state index in [-0.39, 0.29) is 19.4 Å². The molecule has 0 saturated carbocycles. The Morgan fingerprint density at radius 3 is 1.58 bits per heavy atom. The summed E-state index contributed by atoms with van der Waals surface area (Å²) >= 11 is 0. The standard InChI is InChI=1S/C42H75O10P/c1-3-5-7-9-11-13-15-17-19-21-23-25-27-29-31-33-41(45)49-37-40(38-51-53(47,48)50-36-39(44)35-43)52-42(46)34-32-30-28-26-24-22-20-18-16-14-12-10-8-6-4-2/h6,8-9,11-12,14,18,20,39-40,43-44H,3-5,7,10,13,15-17,19,21-38H2,1-2H3,(H,47,48)/b8-6+,11-9+,14-12+,20-18+/t39-,40+/m0/s1. The number of unbranched alkanes of at least 4 members (excludes halogenated alkanes) is 16. The molecule has 0 radical (unpaired) electrons. The molecule has 0 aliphatic rings. The molecular formula is C42H75O10P. The third-order valence-electron chi connectivity index (χ3n) is 8.47. The zero-order valence-electron chi connectivity index (χ0n) is 33.2. The fourth-order valence-corrected chi connectivity index (χ4v) is 6.07. The van der Waals surface area contributed by atoms with E-state index in [9.17, 15) is 24.2 Å². The van der Waals surface area contributed by atoms with Crippen LogP contribution in [0.5, 0.6) is 0 Å². The minimum Gasteiger partial charge on any atom is -0.462 e. The van der Waals surface area contributed by atoms with Gasteiger partial charge < -0.3 is 24.6 Å². The number of carbonyl (C=O) groups excluding carboxylic acids is 2. The summed E-state index contributed by atoms with van der Waals surface area (Å²) < 4.78 is 32.6. The minimum atomic E-state index is -4.62. The van der Waals surface area contributed by atoms with Crippen molar-refractivity contribution in [2.24, 2.45) is 0 Å². The normalized spacial score (nSPS) is 14.4. The maximum atomic E-state index is 12.6. The first-order chi connectivity index (χ1) is 25.7. The van der Waals surface area contributed by atoms with Gasteiger partial charge >= 0.3 is 19.8 Å². The van der Waals surface area contributed by atoms with Gasteiger partial charge in [0.25, 0.3) is 0 Å². The highest BCUT2D eigenvalue weighted by Gasteiger charge is 2.27. The van der Waals surface area contributed by atoms with Crippen molar-refractivity contribution in [1.29, 1.82) is 0 Å². The van der Waals surface area contributed by atoms with Crippen LogP contribution in [-0.2, 0) is 32.7 Å². The van der Waals surface area contributed by atoms with Gasteiger partial charge in [-0.3, -0.25) is 18.6 Å². The summed E-state index contributed by atoms with van der Waals surface area (Å²) in [6, 6.07) is 0. The van der Waals surface area contributed by atoms with Crippen molar-refractivity contribution in [3.63, 3.8) is 0 Å². The average molecular weight is 771 g/mol. The number of ether oxygens (including phenoxy) is 2. The van der Waals surface area contributed by atoms with Crippen molar-refractivity contribution in [3.8, 4) is 0 Å². The van der Waals surface area contributed by atoms with Crippen LogP contribution in [0.1, 0.15) is 168 Å². The second-order valence-electron chi connectivity index (χ2n) is 13.6. The number of aliphatic hydroxyl groups excluding tert-OH is 2. The zero-order chi connectivity index (χ0) is 39.1. The molecule has 0 amide bonds. The average Bonchev–Trinajstić information content (AvgIpc) is 3.14. The fraction of sp³-hybridized carbons (Fsp3) is 0.762. The molecule has 0 saturated heterocycles. The number of phosphoric acid groups is 1. The van der Waals surface area contributed by atoms with Gasteiger partial charge in [-0.15, -0.1) is 0 Å². The van der Waals surface area contributed by atoms with E-state index in [0.717, 1.165) is 70.6 Å². The topological polar surface area (TPSA) is 149 Å². The van der Waals surface area contributed by atoms with Crippen molar-refractivity contribution >= 4 is 19.8 Å². The number of aliphatic hydroxyl groups is 2. The quantitative estimate of drug-likeness (QED) is 0.0240. The second kappa shape index (κ2) is 38.2. The van der Waals surface area contributed by atoms with E-state index < -0.39 is 51.8 Å². The maximum Gasteiger partial charge on any atom is 0.472 e. The zero-order valence-corrected chi connectivity index (χ0v) is 34.1. The van der Waals surface area contributed by atoms with E-state index in [1.54, 1.807) is 0 Å². The number of carbonyl (C=O) groups is 2. The first kappa shape index (κ1) is 50.9. The predicted octanol–water partition coefficient (Wildman–Crippen LogP) is 10.6. The number of hydrogen-bond acceptors (Lipinski definition) is 9. The highest BCUT2D eigenvalue weighted by atomic mass is 31.2. The lowest BCUT2D eigenvalue weighted by atomic mass is 10.1. The van der Waals surface area contributed by atoms with Gasteiger partial charge in [-0.1, -0.05) is 140 Å². The van der Waals surface area contributed by atoms with Gasteiger partial charge in [0.1, 0.15) is 12.7 Å². The van der Waals surface area contributed by atoms with E-state index in [2.05, 4.69) is 67.0 Å². The van der Waals surface area contributed by atoms with Crippen molar-refractivity contribution in [2.75, 3.05) is 26.4 Å². The molecule has 0 aromatic rings. The van der Waals surface area contributed by atoms with Gasteiger partial charge in [-0.2, -0.15) is 0 Å². The Balaban J connectivity index is 4.35. The van der Waals surface area contributed by atoms with Crippen molar-refractivity contribution in [3.05, 3.63) is 48.6 Å². The molecule has 1 unspecified atom stereocenters. The number of esters is 2. The molecular weight excluding hydrogens is 695 g/mol. The Labute approximate surface area is 322 Å². The smallest absolute Gasteiger partial charge is 0.462 e. The Kier molecular flexibility index (Phi) is 36.7. The third kappa shape index (κ3) is 38.0. The van der Waals surface area contributed by atoms with Crippen LogP contribution in [0.2, 0.25) is 0 Å². The number of hydrogen-bond donors (Lipinski definition) is 3. The monoisotopic (exact) mass is 771 g/mol. The molecule has 0 bridgehead atoms. The Hall–Kier alpha value is -2.07. The molecule has 3 N–H and O–H groups in total. The van der Waals surface area contributed by atoms with Crippen molar-refractivity contribution < 1.29 is 47.8 Å². The molecule has 11 heteroatoms. The lowest BCUT2D eigenvalue weighted by Crippen LogP contribution is -2.29. The largest absolute Gasteiger partial charge is 0.472 e. The van der Waals surface area contributed by atoms with Crippen LogP contribution >= 0.6 is 7.82 Å². The molecule has 0 heterocycles. The van der Waals surface area contributed by atoms with Crippen LogP contribution in [-0.4, -0.2) is 65.7 Å². The summed E-state index contributed by atoms with van der Waals surface area (Å²) in [5.74, 6) is -0.949. The summed E-state index contributed by atoms with van der Waals surface area (Å²) in [7, 11) is -4.62. The molecule has 0 rings (SSSR count). The second-order valence-corrected chi connectivity index (χ2v) is 15.1. The molecule has 0 aromatic carbocycles. The Morgan fingerprint density at radius 2 is 1.04 bits per heavy atom. The van der Waals surface area contributed by atoms with Crippen molar-refractivity contribution in [2.45, 2.75) is 180 Å². The molecule has 0 aromatic heterocycles. The number of allylic oxidation sites excluding steroid dienone is 8. The van der Waals surface area contributed by atoms with Crippen LogP contribution in [0.25, 0.3) is 0 Å². The van der Waals surface area contributed by atoms with E-state index in [0.29, 0.717) is 12.8 Å². The van der Waals surface area contributed by atoms with Crippen molar-refractivity contribution in [1.82, 2.24) is 0 Å². The van der Waals surface area contributed by atoms with Crippen LogP contribution in [0.3, 0.4) is 0 Å². The van der Waals surface area contributed by atoms with Crippen LogP contribution in [0.15, 0.2) is 48.6 Å². The van der Waals surface area contributed by atoms with Crippen LogP contribution in [0, 0.1) is 0 Å². The van der Waals surface area contributed by atoms with Gasteiger partial charge in [0.15, 0.2) is 6.10 Å². The first-order valence-electron chi connectivity index (χ1n) is 20.6. The summed E-state index contributed by atoms with van der Waals surface area (Å²) in [5.41, 5.74) is 0. The molecule has 10 nitrogen and oxygen atoms in total. The van der Waals surface area contributed by atoms with E-state index in [1.165, 1.54) is 57.8 Å².